The van der Waals surface area contributed by atoms with Gasteiger partial charge in [-0.2, -0.15) is 0 Å². The standard InChI is InChI=1S/C17H22ClN3O/c1-20(2)16(15-5-4-10-21(15)3)12-19-17(22)11-13-6-8-14(18)9-7-13/h4-10,16H,11-12H2,1-3H3,(H,19,22). The Balaban J connectivity index is 1.93. The van der Waals surface area contributed by atoms with Crippen molar-refractivity contribution in [3.05, 3.63) is 58.9 Å². The Kier molecular flexibility index (Phi) is 5.63. The number of nitrogens with zero attached hydrogens (tertiary/aromatic N) is 2. The molecular formula is C17H22ClN3O. The highest BCUT2D eigenvalue weighted by Gasteiger charge is 2.17. The van der Waals surface area contributed by atoms with E-state index in [-0.39, 0.29) is 11.9 Å². The molecule has 2 aromatic rings. The molecule has 22 heavy (non-hydrogen) atoms. The van der Waals surface area contributed by atoms with Crippen LogP contribution in [0.15, 0.2) is 42.6 Å². The summed E-state index contributed by atoms with van der Waals surface area (Å²) in [4.78, 5) is 14.2. The second kappa shape index (κ2) is 7.47. The van der Waals surface area contributed by atoms with Gasteiger partial charge in [-0.3, -0.25) is 9.69 Å². The summed E-state index contributed by atoms with van der Waals surface area (Å²) in [5, 5.41) is 3.70. The predicted molar refractivity (Wildman–Crippen MR) is 90.0 cm³/mol. The van der Waals surface area contributed by atoms with Crippen LogP contribution in [-0.2, 0) is 18.3 Å². The molecule has 0 aliphatic carbocycles. The number of amides is 1. The van der Waals surface area contributed by atoms with Crippen molar-refractivity contribution in [2.24, 2.45) is 7.05 Å². The molecule has 1 amide bonds. The predicted octanol–water partition coefficient (Wildman–Crippen LogP) is 2.64. The summed E-state index contributed by atoms with van der Waals surface area (Å²) in [5.74, 6) is 0.0170. The zero-order chi connectivity index (χ0) is 16.1. The van der Waals surface area contributed by atoms with Crippen LogP contribution in [-0.4, -0.2) is 36.0 Å². The number of hydrogen-bond donors (Lipinski definition) is 1. The molecule has 0 aliphatic heterocycles. The summed E-state index contributed by atoms with van der Waals surface area (Å²) >= 11 is 5.85. The van der Waals surface area contributed by atoms with E-state index in [0.29, 0.717) is 18.0 Å². The van der Waals surface area contributed by atoms with E-state index >= 15 is 0 Å². The van der Waals surface area contributed by atoms with Crippen molar-refractivity contribution in [3.63, 3.8) is 0 Å². The van der Waals surface area contributed by atoms with Crippen LogP contribution in [0.4, 0.5) is 0 Å². The average Bonchev–Trinajstić information content (AvgIpc) is 2.88. The molecule has 2 rings (SSSR count). The first-order valence-corrected chi connectivity index (χ1v) is 7.64. The normalized spacial score (nSPS) is 12.4. The summed E-state index contributed by atoms with van der Waals surface area (Å²) in [7, 11) is 6.05. The molecule has 5 heteroatoms. The summed E-state index contributed by atoms with van der Waals surface area (Å²) in [6, 6.07) is 11.6. The van der Waals surface area contributed by atoms with Gasteiger partial charge in [-0.05, 0) is 43.9 Å². The van der Waals surface area contributed by atoms with Crippen LogP contribution in [0.25, 0.3) is 0 Å². The molecule has 0 aliphatic rings. The van der Waals surface area contributed by atoms with E-state index in [0.717, 1.165) is 5.56 Å². The number of nitrogens with one attached hydrogen (secondary N) is 1. The average molecular weight is 320 g/mol. The van der Waals surface area contributed by atoms with Crippen LogP contribution in [0, 0.1) is 0 Å². The highest BCUT2D eigenvalue weighted by molar-refractivity contribution is 6.30. The number of carbonyl (C=O) groups is 1. The second-order valence-electron chi connectivity index (χ2n) is 5.63. The van der Waals surface area contributed by atoms with E-state index < -0.39 is 0 Å². The van der Waals surface area contributed by atoms with Gasteiger partial charge in [0, 0.05) is 30.5 Å². The van der Waals surface area contributed by atoms with Crippen LogP contribution in [0.1, 0.15) is 17.3 Å². The first kappa shape index (κ1) is 16.6. The van der Waals surface area contributed by atoms with E-state index in [1.807, 2.05) is 45.5 Å². The van der Waals surface area contributed by atoms with Crippen molar-refractivity contribution in [2.75, 3.05) is 20.6 Å². The van der Waals surface area contributed by atoms with E-state index in [2.05, 4.69) is 20.9 Å². The van der Waals surface area contributed by atoms with Gasteiger partial charge in [-0.1, -0.05) is 23.7 Å². The minimum absolute atomic E-state index is 0.0170. The number of aryl methyl sites for hydroxylation is 1. The Labute approximate surface area is 136 Å². The third kappa shape index (κ3) is 4.36. The summed E-state index contributed by atoms with van der Waals surface area (Å²) < 4.78 is 2.08. The van der Waals surface area contributed by atoms with Crippen molar-refractivity contribution in [1.29, 1.82) is 0 Å². The molecule has 1 heterocycles. The molecule has 118 valence electrons. The van der Waals surface area contributed by atoms with Crippen LogP contribution in [0.5, 0.6) is 0 Å². The lowest BCUT2D eigenvalue weighted by atomic mass is 10.1. The van der Waals surface area contributed by atoms with Gasteiger partial charge >= 0.3 is 0 Å². The molecule has 1 N–H and O–H groups in total. The molecule has 0 saturated heterocycles. The summed E-state index contributed by atoms with van der Waals surface area (Å²) in [5.41, 5.74) is 2.14. The van der Waals surface area contributed by atoms with Crippen molar-refractivity contribution >= 4 is 17.5 Å². The van der Waals surface area contributed by atoms with E-state index in [1.165, 1.54) is 5.69 Å². The first-order chi connectivity index (χ1) is 10.5. The molecule has 1 atom stereocenters. The molecule has 1 unspecified atom stereocenters. The molecule has 0 radical (unpaired) electrons. The number of aromatic nitrogens is 1. The molecule has 4 nitrogen and oxygen atoms in total. The Morgan fingerprint density at radius 2 is 1.95 bits per heavy atom. The fraction of sp³-hybridized carbons (Fsp3) is 0.353. The van der Waals surface area contributed by atoms with E-state index in [4.69, 9.17) is 11.6 Å². The number of likely N-dealkylation sites (N-methyl/N-ethyl adjacent to an activating group) is 1. The zero-order valence-corrected chi connectivity index (χ0v) is 14.0. The smallest absolute Gasteiger partial charge is 0.224 e. The van der Waals surface area contributed by atoms with E-state index in [9.17, 15) is 4.79 Å². The van der Waals surface area contributed by atoms with Gasteiger partial charge in [0.05, 0.1) is 12.5 Å². The molecule has 0 saturated carbocycles. The fourth-order valence-electron chi connectivity index (χ4n) is 2.43. The topological polar surface area (TPSA) is 37.3 Å². The Hall–Kier alpha value is -1.78. The molecule has 0 bridgehead atoms. The van der Waals surface area contributed by atoms with Gasteiger partial charge in [0.25, 0.3) is 0 Å². The molecule has 1 aromatic heterocycles. The third-order valence-corrected chi connectivity index (χ3v) is 3.97. The van der Waals surface area contributed by atoms with Crippen molar-refractivity contribution < 1.29 is 4.79 Å². The zero-order valence-electron chi connectivity index (χ0n) is 13.2. The van der Waals surface area contributed by atoms with Crippen LogP contribution >= 0.6 is 11.6 Å². The Morgan fingerprint density at radius 3 is 2.50 bits per heavy atom. The van der Waals surface area contributed by atoms with Gasteiger partial charge in [-0.15, -0.1) is 0 Å². The minimum atomic E-state index is 0.0170. The third-order valence-electron chi connectivity index (χ3n) is 3.72. The van der Waals surface area contributed by atoms with Gasteiger partial charge in [-0.25, -0.2) is 0 Å². The summed E-state index contributed by atoms with van der Waals surface area (Å²) in [6.45, 7) is 0.581. The fourth-order valence-corrected chi connectivity index (χ4v) is 2.56. The quantitative estimate of drug-likeness (QED) is 0.888. The number of halogens is 1. The van der Waals surface area contributed by atoms with Gasteiger partial charge in [0.2, 0.25) is 5.91 Å². The van der Waals surface area contributed by atoms with Gasteiger partial charge in [0.1, 0.15) is 0 Å². The first-order valence-electron chi connectivity index (χ1n) is 7.26. The lowest BCUT2D eigenvalue weighted by Crippen LogP contribution is -2.36. The van der Waals surface area contributed by atoms with Crippen LogP contribution in [0.2, 0.25) is 5.02 Å². The second-order valence-corrected chi connectivity index (χ2v) is 6.07. The van der Waals surface area contributed by atoms with Gasteiger partial charge in [0.15, 0.2) is 0 Å². The highest BCUT2D eigenvalue weighted by Crippen LogP contribution is 2.17. The SMILES string of the molecule is CN(C)C(CNC(=O)Cc1ccc(Cl)cc1)c1cccn1C. The number of carbonyl (C=O) groups excluding carboxylic acids is 1. The number of hydrogen-bond acceptors (Lipinski definition) is 2. The number of rotatable bonds is 6. The van der Waals surface area contributed by atoms with E-state index in [1.54, 1.807) is 12.1 Å². The maximum absolute atomic E-state index is 12.1. The monoisotopic (exact) mass is 319 g/mol. The Bertz CT molecular complexity index is 619. The van der Waals surface area contributed by atoms with Gasteiger partial charge < -0.3 is 9.88 Å². The maximum Gasteiger partial charge on any atom is 0.224 e. The van der Waals surface area contributed by atoms with Crippen molar-refractivity contribution in [3.8, 4) is 0 Å². The van der Waals surface area contributed by atoms with Crippen molar-refractivity contribution in [2.45, 2.75) is 12.5 Å². The molecule has 0 spiro atoms. The largest absolute Gasteiger partial charge is 0.354 e. The number of benzene rings is 1. The lowest BCUT2D eigenvalue weighted by molar-refractivity contribution is -0.120. The summed E-state index contributed by atoms with van der Waals surface area (Å²) in [6.07, 6.45) is 2.38. The molecule has 0 fully saturated rings. The van der Waals surface area contributed by atoms with Crippen molar-refractivity contribution in [1.82, 2.24) is 14.8 Å². The lowest BCUT2D eigenvalue weighted by Gasteiger charge is -2.25. The highest BCUT2D eigenvalue weighted by atomic mass is 35.5. The molecule has 1 aromatic carbocycles. The molecular weight excluding hydrogens is 298 g/mol. The maximum atomic E-state index is 12.1. The minimum Gasteiger partial charge on any atom is -0.354 e. The van der Waals surface area contributed by atoms with Crippen LogP contribution in [0.3, 0.4) is 0 Å². The van der Waals surface area contributed by atoms with Crippen LogP contribution < -0.4 is 5.32 Å². The Morgan fingerprint density at radius 1 is 1.27 bits per heavy atom.